The second kappa shape index (κ2) is 8.24. The lowest BCUT2D eigenvalue weighted by Gasteiger charge is -2.41. The van der Waals surface area contributed by atoms with Gasteiger partial charge in [-0.3, -0.25) is 4.79 Å². The molecule has 2 N–H and O–H groups in total. The normalized spacial score (nSPS) is 27.7. The molecule has 0 spiro atoms. The number of carbonyl (C=O) groups excluding carboxylic acids is 1. The molecule has 1 rings (SSSR count). The van der Waals surface area contributed by atoms with E-state index < -0.39 is 41.2 Å². The lowest BCUT2D eigenvalue weighted by atomic mass is 10.1. The molecule has 1 saturated heterocycles. The largest absolute Gasteiger partial charge is 0.409 e. The van der Waals surface area contributed by atoms with Crippen LogP contribution in [0.4, 0.5) is 0 Å². The number of aliphatic hydroxyl groups excluding tert-OH is 1. The van der Waals surface area contributed by atoms with Crippen molar-refractivity contribution in [1.29, 1.82) is 0 Å². The lowest BCUT2D eigenvalue weighted by Crippen LogP contribution is -2.56. The molecule has 6 nitrogen and oxygen atoms in total. The molecule has 0 aliphatic carbocycles. The molecule has 4 atom stereocenters. The molecule has 0 aromatic carbocycles. The Bertz CT molecular complexity index is 525. The molecule has 160 valence electrons. The number of rotatable bonds is 6. The summed E-state index contributed by atoms with van der Waals surface area (Å²) in [6, 6.07) is -0.442. The minimum Gasteiger partial charge on any atom is -0.409 e. The summed E-state index contributed by atoms with van der Waals surface area (Å²) in [5.41, 5.74) is 0. The Hall–Kier alpha value is -0.256. The Balaban J connectivity index is 3.19. The monoisotopic (exact) mass is 419 g/mol. The van der Waals surface area contributed by atoms with Crippen molar-refractivity contribution in [3.05, 3.63) is 0 Å². The zero-order valence-corrected chi connectivity index (χ0v) is 21.1. The topological polar surface area (TPSA) is 77.0 Å². The van der Waals surface area contributed by atoms with Crippen molar-refractivity contribution in [2.45, 2.75) is 109 Å². The highest BCUT2D eigenvalue weighted by Crippen LogP contribution is 2.42. The van der Waals surface area contributed by atoms with Crippen LogP contribution in [0.5, 0.6) is 0 Å². The zero-order valence-electron chi connectivity index (χ0n) is 19.1. The molecule has 1 fully saturated rings. The van der Waals surface area contributed by atoms with Crippen molar-refractivity contribution in [3.8, 4) is 0 Å². The molecule has 0 aromatic heterocycles. The van der Waals surface area contributed by atoms with Gasteiger partial charge in [0.05, 0.1) is 12.7 Å². The third-order valence-corrected chi connectivity index (χ3v) is 15.2. The van der Waals surface area contributed by atoms with Crippen LogP contribution in [0.25, 0.3) is 0 Å². The van der Waals surface area contributed by atoms with Crippen LogP contribution in [-0.2, 0) is 18.4 Å². The fourth-order valence-corrected chi connectivity index (χ4v) is 4.96. The second-order valence-electron chi connectivity index (χ2n) is 10.7. The number of ether oxygens (including phenoxy) is 1. The average molecular weight is 420 g/mol. The van der Waals surface area contributed by atoms with Gasteiger partial charge < -0.3 is 24.0 Å². The molecule has 1 aliphatic heterocycles. The van der Waals surface area contributed by atoms with Crippen LogP contribution < -0.4 is 5.32 Å². The van der Waals surface area contributed by atoms with Crippen LogP contribution in [0, 0.1) is 0 Å². The number of aliphatic hydroxyl groups is 1. The smallest absolute Gasteiger partial charge is 0.217 e. The van der Waals surface area contributed by atoms with Gasteiger partial charge >= 0.3 is 0 Å². The van der Waals surface area contributed by atoms with E-state index in [2.05, 4.69) is 73.0 Å². The van der Waals surface area contributed by atoms with Gasteiger partial charge in [0.15, 0.2) is 22.9 Å². The van der Waals surface area contributed by atoms with Crippen molar-refractivity contribution >= 4 is 22.5 Å². The maximum absolute atomic E-state index is 11.9. The summed E-state index contributed by atoms with van der Waals surface area (Å²) in [5, 5.41) is 12.9. The fraction of sp³-hybridized carbons (Fsp3) is 0.947. The van der Waals surface area contributed by atoms with Gasteiger partial charge in [-0.2, -0.15) is 0 Å². The van der Waals surface area contributed by atoms with E-state index >= 15 is 0 Å². The van der Waals surface area contributed by atoms with Crippen LogP contribution in [0.3, 0.4) is 0 Å². The molecule has 1 unspecified atom stereocenters. The Morgan fingerprint density at radius 3 is 1.81 bits per heavy atom. The Labute approximate surface area is 167 Å². The molecule has 0 aromatic rings. The molecular weight excluding hydrogens is 378 g/mol. The summed E-state index contributed by atoms with van der Waals surface area (Å²) >= 11 is 0. The van der Waals surface area contributed by atoms with E-state index in [4.69, 9.17) is 13.6 Å². The van der Waals surface area contributed by atoms with Crippen molar-refractivity contribution in [3.63, 3.8) is 0 Å². The van der Waals surface area contributed by atoms with Crippen LogP contribution >= 0.6 is 0 Å². The van der Waals surface area contributed by atoms with Gasteiger partial charge in [-0.05, 0) is 36.3 Å². The van der Waals surface area contributed by atoms with Crippen LogP contribution in [-0.4, -0.2) is 58.8 Å². The van der Waals surface area contributed by atoms with Gasteiger partial charge in [-0.15, -0.1) is 0 Å². The third-order valence-electron chi connectivity index (χ3n) is 6.33. The number of hydrogen-bond acceptors (Lipinski definition) is 5. The summed E-state index contributed by atoms with van der Waals surface area (Å²) in [4.78, 5) is 11.9. The van der Waals surface area contributed by atoms with E-state index in [9.17, 15) is 9.90 Å². The summed E-state index contributed by atoms with van der Waals surface area (Å²) < 4.78 is 19.1. The molecule has 0 radical (unpaired) electrons. The Morgan fingerprint density at radius 2 is 1.44 bits per heavy atom. The highest BCUT2D eigenvalue weighted by molar-refractivity contribution is 6.74. The van der Waals surface area contributed by atoms with Crippen LogP contribution in [0.2, 0.25) is 36.3 Å². The van der Waals surface area contributed by atoms with Gasteiger partial charge in [0, 0.05) is 6.92 Å². The molecule has 27 heavy (non-hydrogen) atoms. The first-order valence-electron chi connectivity index (χ1n) is 9.82. The van der Waals surface area contributed by atoms with E-state index in [0.717, 1.165) is 0 Å². The van der Waals surface area contributed by atoms with Crippen molar-refractivity contribution < 1.29 is 23.5 Å². The van der Waals surface area contributed by atoms with Gasteiger partial charge in [0.2, 0.25) is 5.91 Å². The molecule has 0 bridgehead atoms. The molecule has 1 aliphatic rings. The van der Waals surface area contributed by atoms with Crippen molar-refractivity contribution in [1.82, 2.24) is 5.32 Å². The maximum Gasteiger partial charge on any atom is 0.217 e. The van der Waals surface area contributed by atoms with E-state index in [1.54, 1.807) is 0 Å². The SMILES string of the molecule is CC(=O)NC1[C@@H](O[Si](C)(C)C(C)(C)C)O[C@H](CO)[C@@H]1O[Si](C)(C)C(C)(C)C. The summed E-state index contributed by atoms with van der Waals surface area (Å²) in [6.45, 7) is 22.9. The maximum atomic E-state index is 11.9. The van der Waals surface area contributed by atoms with E-state index in [1.807, 2.05) is 0 Å². The van der Waals surface area contributed by atoms with Crippen molar-refractivity contribution in [2.75, 3.05) is 6.61 Å². The van der Waals surface area contributed by atoms with Gasteiger partial charge in [0.25, 0.3) is 0 Å². The first-order valence-corrected chi connectivity index (χ1v) is 15.6. The molecular formula is C19H41NO5Si2. The number of amides is 1. The summed E-state index contributed by atoms with van der Waals surface area (Å²) in [6.07, 6.45) is -1.58. The minimum atomic E-state index is -2.13. The third kappa shape index (κ3) is 5.87. The van der Waals surface area contributed by atoms with Crippen LogP contribution in [0.15, 0.2) is 0 Å². The lowest BCUT2D eigenvalue weighted by molar-refractivity contribution is -0.124. The first kappa shape index (κ1) is 24.8. The number of carbonyl (C=O) groups is 1. The second-order valence-corrected chi connectivity index (χ2v) is 20.2. The van der Waals surface area contributed by atoms with E-state index in [-0.39, 0.29) is 22.6 Å². The average Bonchev–Trinajstić information content (AvgIpc) is 2.72. The predicted octanol–water partition coefficient (Wildman–Crippen LogP) is 3.62. The predicted molar refractivity (Wildman–Crippen MR) is 114 cm³/mol. The zero-order chi connectivity index (χ0) is 21.4. The molecule has 1 heterocycles. The first-order chi connectivity index (χ1) is 11.9. The Morgan fingerprint density at radius 1 is 1.00 bits per heavy atom. The van der Waals surface area contributed by atoms with Gasteiger partial charge in [-0.1, -0.05) is 41.5 Å². The van der Waals surface area contributed by atoms with Crippen LogP contribution in [0.1, 0.15) is 48.5 Å². The molecule has 8 heteroatoms. The standard InChI is InChI=1S/C19H41NO5Si2/c1-13(22)20-15-16(24-26(8,9)18(2,3)4)14(12-21)23-17(15)25-27(10,11)19(5,6)7/h14-17,21H,12H2,1-11H3,(H,20,22)/t14-,15?,16+,17-/m1/s1. The fourth-order valence-electron chi connectivity index (χ4n) is 2.49. The summed E-state index contributed by atoms with van der Waals surface area (Å²) in [5.74, 6) is -0.158. The minimum absolute atomic E-state index is 0.00419. The van der Waals surface area contributed by atoms with Gasteiger partial charge in [-0.25, -0.2) is 0 Å². The Kier molecular flexibility index (Phi) is 7.56. The molecule has 1 amide bonds. The highest BCUT2D eigenvalue weighted by Gasteiger charge is 2.53. The number of hydrogen-bond donors (Lipinski definition) is 2. The number of nitrogens with one attached hydrogen (secondary N) is 1. The van der Waals surface area contributed by atoms with Gasteiger partial charge in [0.1, 0.15) is 12.1 Å². The molecule has 0 saturated carbocycles. The van der Waals surface area contributed by atoms with Crippen molar-refractivity contribution in [2.24, 2.45) is 0 Å². The quantitative estimate of drug-likeness (QED) is 0.643. The van der Waals surface area contributed by atoms with E-state index in [1.165, 1.54) is 6.92 Å². The highest BCUT2D eigenvalue weighted by atomic mass is 28.4. The summed E-state index contributed by atoms with van der Waals surface area (Å²) in [7, 11) is -4.26. The van der Waals surface area contributed by atoms with E-state index in [0.29, 0.717) is 0 Å².